The number of aliphatic carboxylic acids is 1. The molecule has 0 spiro atoms. The smallest absolute Gasteiger partial charge is 0.305 e. The van der Waals surface area contributed by atoms with Gasteiger partial charge in [-0.25, -0.2) is 4.68 Å². The Kier molecular flexibility index (Phi) is 3.20. The molecule has 0 bridgehead atoms. The maximum atomic E-state index is 10.6. The summed E-state index contributed by atoms with van der Waals surface area (Å²) in [5, 5.41) is 12.8. The zero-order chi connectivity index (χ0) is 12.3. The Morgan fingerprint density at radius 2 is 2.29 bits per heavy atom. The fourth-order valence-electron chi connectivity index (χ4n) is 1.63. The first kappa shape index (κ1) is 11.3. The summed E-state index contributed by atoms with van der Waals surface area (Å²) in [6.07, 6.45) is 3.42. The highest BCUT2D eigenvalue weighted by molar-refractivity contribution is 5.68. The van der Waals surface area contributed by atoms with Crippen molar-refractivity contribution in [2.24, 2.45) is 5.73 Å². The molecule has 1 heterocycles. The summed E-state index contributed by atoms with van der Waals surface area (Å²) in [6.45, 7) is 0. The minimum atomic E-state index is -0.901. The second kappa shape index (κ2) is 4.80. The van der Waals surface area contributed by atoms with Gasteiger partial charge < -0.3 is 10.8 Å². The van der Waals surface area contributed by atoms with Crippen molar-refractivity contribution in [3.63, 3.8) is 0 Å². The molecular weight excluding hydrogens is 218 g/mol. The fraction of sp³-hybridized carbons (Fsp3) is 0.167. The minimum Gasteiger partial charge on any atom is -0.481 e. The number of rotatable bonds is 4. The van der Waals surface area contributed by atoms with E-state index in [9.17, 15) is 4.79 Å². The summed E-state index contributed by atoms with van der Waals surface area (Å²) in [5.74, 6) is -0.901. The molecule has 88 valence electrons. The normalized spacial score (nSPS) is 12.3. The van der Waals surface area contributed by atoms with E-state index in [-0.39, 0.29) is 6.42 Å². The van der Waals surface area contributed by atoms with Crippen LogP contribution in [0.5, 0.6) is 0 Å². The number of hydrogen-bond donors (Lipinski definition) is 2. The second-order valence-electron chi connectivity index (χ2n) is 3.75. The Morgan fingerprint density at radius 3 is 2.94 bits per heavy atom. The third-order valence-corrected chi connectivity index (χ3v) is 2.46. The standard InChI is InChI=1S/C12H13N3O2/c13-11(8-12(16)17)9-3-1-4-10(7-9)15-6-2-5-14-15/h1-7,11H,8,13H2,(H,16,17)/t11-/m0/s1. The molecule has 0 aliphatic heterocycles. The molecule has 3 N–H and O–H groups in total. The van der Waals surface area contributed by atoms with Crippen LogP contribution in [-0.2, 0) is 4.79 Å². The Morgan fingerprint density at radius 1 is 1.47 bits per heavy atom. The molecule has 2 aromatic rings. The van der Waals surface area contributed by atoms with E-state index in [1.807, 2.05) is 36.5 Å². The Hall–Kier alpha value is -2.14. The second-order valence-corrected chi connectivity index (χ2v) is 3.75. The van der Waals surface area contributed by atoms with Crippen molar-refractivity contribution in [1.29, 1.82) is 0 Å². The highest BCUT2D eigenvalue weighted by Gasteiger charge is 2.11. The maximum Gasteiger partial charge on any atom is 0.305 e. The van der Waals surface area contributed by atoms with Crippen molar-refractivity contribution in [1.82, 2.24) is 9.78 Å². The number of benzene rings is 1. The van der Waals surface area contributed by atoms with Crippen molar-refractivity contribution in [3.8, 4) is 5.69 Å². The van der Waals surface area contributed by atoms with E-state index in [2.05, 4.69) is 5.10 Å². The van der Waals surface area contributed by atoms with Crippen molar-refractivity contribution < 1.29 is 9.90 Å². The lowest BCUT2D eigenvalue weighted by Gasteiger charge is -2.11. The van der Waals surface area contributed by atoms with Gasteiger partial charge in [0.2, 0.25) is 0 Å². The molecule has 5 nitrogen and oxygen atoms in total. The number of nitrogens with zero attached hydrogens (tertiary/aromatic N) is 2. The first-order chi connectivity index (χ1) is 8.16. The van der Waals surface area contributed by atoms with Crippen LogP contribution in [-0.4, -0.2) is 20.9 Å². The summed E-state index contributed by atoms with van der Waals surface area (Å²) >= 11 is 0. The predicted octanol–water partition coefficient (Wildman–Crippen LogP) is 1.35. The fourth-order valence-corrected chi connectivity index (χ4v) is 1.63. The van der Waals surface area contributed by atoms with E-state index >= 15 is 0 Å². The summed E-state index contributed by atoms with van der Waals surface area (Å²) in [4.78, 5) is 10.6. The molecule has 17 heavy (non-hydrogen) atoms. The summed E-state index contributed by atoms with van der Waals surface area (Å²) < 4.78 is 1.71. The van der Waals surface area contributed by atoms with Gasteiger partial charge in [0.25, 0.3) is 0 Å². The van der Waals surface area contributed by atoms with E-state index in [1.165, 1.54) is 0 Å². The van der Waals surface area contributed by atoms with Crippen LogP contribution in [0.1, 0.15) is 18.0 Å². The number of carbonyl (C=O) groups is 1. The molecule has 0 amide bonds. The Balaban J connectivity index is 2.25. The number of aromatic nitrogens is 2. The van der Waals surface area contributed by atoms with Gasteiger partial charge in [0, 0.05) is 18.4 Å². The van der Waals surface area contributed by atoms with Gasteiger partial charge in [-0.2, -0.15) is 5.10 Å². The predicted molar refractivity (Wildman–Crippen MR) is 62.7 cm³/mol. The topological polar surface area (TPSA) is 81.1 Å². The Labute approximate surface area is 98.5 Å². The van der Waals surface area contributed by atoms with Gasteiger partial charge in [-0.3, -0.25) is 4.79 Å². The molecule has 1 aromatic heterocycles. The summed E-state index contributed by atoms with van der Waals surface area (Å²) in [7, 11) is 0. The zero-order valence-electron chi connectivity index (χ0n) is 9.15. The molecule has 2 rings (SSSR count). The molecule has 5 heteroatoms. The zero-order valence-corrected chi connectivity index (χ0v) is 9.15. The molecule has 0 fully saturated rings. The molecule has 0 saturated heterocycles. The van der Waals surface area contributed by atoms with E-state index in [4.69, 9.17) is 10.8 Å². The lowest BCUT2D eigenvalue weighted by Crippen LogP contribution is -2.15. The molecule has 0 unspecified atom stereocenters. The number of hydrogen-bond acceptors (Lipinski definition) is 3. The quantitative estimate of drug-likeness (QED) is 0.832. The van der Waals surface area contributed by atoms with Crippen molar-refractivity contribution >= 4 is 5.97 Å². The first-order valence-corrected chi connectivity index (χ1v) is 5.24. The van der Waals surface area contributed by atoms with Gasteiger partial charge in [-0.05, 0) is 23.8 Å². The van der Waals surface area contributed by atoms with Gasteiger partial charge in [0.05, 0.1) is 12.1 Å². The largest absolute Gasteiger partial charge is 0.481 e. The molecule has 0 aliphatic rings. The average Bonchev–Trinajstić information content (AvgIpc) is 2.82. The lowest BCUT2D eigenvalue weighted by molar-refractivity contribution is -0.137. The SMILES string of the molecule is N[C@@H](CC(=O)O)c1cccc(-n2cccn2)c1. The van der Waals surface area contributed by atoms with Gasteiger partial charge in [-0.15, -0.1) is 0 Å². The highest BCUT2D eigenvalue weighted by atomic mass is 16.4. The van der Waals surface area contributed by atoms with Crippen LogP contribution >= 0.6 is 0 Å². The number of nitrogens with two attached hydrogens (primary N) is 1. The molecular formula is C12H13N3O2. The number of carboxylic acid groups (broad SMARTS) is 1. The first-order valence-electron chi connectivity index (χ1n) is 5.24. The lowest BCUT2D eigenvalue weighted by atomic mass is 10.0. The van der Waals surface area contributed by atoms with E-state index in [1.54, 1.807) is 10.9 Å². The molecule has 0 saturated carbocycles. The average molecular weight is 231 g/mol. The van der Waals surface area contributed by atoms with E-state index in [0.29, 0.717) is 0 Å². The minimum absolute atomic E-state index is 0.0808. The van der Waals surface area contributed by atoms with Crippen molar-refractivity contribution in [2.45, 2.75) is 12.5 Å². The van der Waals surface area contributed by atoms with Gasteiger partial charge in [0.1, 0.15) is 0 Å². The van der Waals surface area contributed by atoms with Crippen LogP contribution in [0.25, 0.3) is 5.69 Å². The van der Waals surface area contributed by atoms with Gasteiger partial charge in [-0.1, -0.05) is 12.1 Å². The van der Waals surface area contributed by atoms with Gasteiger partial charge >= 0.3 is 5.97 Å². The monoisotopic (exact) mass is 231 g/mol. The van der Waals surface area contributed by atoms with Crippen LogP contribution in [0.3, 0.4) is 0 Å². The van der Waals surface area contributed by atoms with Crippen LogP contribution < -0.4 is 5.73 Å². The third kappa shape index (κ3) is 2.70. The van der Waals surface area contributed by atoms with Crippen LogP contribution in [0, 0.1) is 0 Å². The van der Waals surface area contributed by atoms with Gasteiger partial charge in [0.15, 0.2) is 0 Å². The van der Waals surface area contributed by atoms with E-state index < -0.39 is 12.0 Å². The van der Waals surface area contributed by atoms with Crippen molar-refractivity contribution in [2.75, 3.05) is 0 Å². The van der Waals surface area contributed by atoms with Crippen LogP contribution in [0.4, 0.5) is 0 Å². The molecule has 1 atom stereocenters. The molecule has 0 radical (unpaired) electrons. The maximum absolute atomic E-state index is 10.6. The van der Waals surface area contributed by atoms with Crippen LogP contribution in [0.15, 0.2) is 42.7 Å². The summed E-state index contributed by atoms with van der Waals surface area (Å²) in [6, 6.07) is 8.73. The molecule has 0 aliphatic carbocycles. The highest BCUT2D eigenvalue weighted by Crippen LogP contribution is 2.17. The Bertz CT molecular complexity index is 508. The van der Waals surface area contributed by atoms with E-state index in [0.717, 1.165) is 11.3 Å². The van der Waals surface area contributed by atoms with Crippen LogP contribution in [0.2, 0.25) is 0 Å². The third-order valence-electron chi connectivity index (χ3n) is 2.46. The number of carboxylic acids is 1. The van der Waals surface area contributed by atoms with Crippen molar-refractivity contribution in [3.05, 3.63) is 48.3 Å². The molecule has 1 aromatic carbocycles. The summed E-state index contributed by atoms with van der Waals surface area (Å²) in [5.41, 5.74) is 7.47.